The van der Waals surface area contributed by atoms with Crippen LogP contribution in [0.25, 0.3) is 0 Å². The fourth-order valence-electron chi connectivity index (χ4n) is 3.76. The van der Waals surface area contributed by atoms with Gasteiger partial charge in [-0.1, -0.05) is 17.7 Å². The minimum atomic E-state index is -4.57. The zero-order chi connectivity index (χ0) is 21.9. The number of carbonyl (C=O) groups excluding carboxylic acids is 1. The van der Waals surface area contributed by atoms with Crippen LogP contribution in [0, 0.1) is 5.92 Å². The van der Waals surface area contributed by atoms with Crippen LogP contribution in [0.3, 0.4) is 0 Å². The van der Waals surface area contributed by atoms with Gasteiger partial charge in [-0.05, 0) is 31.0 Å². The zero-order valence-corrected chi connectivity index (χ0v) is 17.6. The Labute approximate surface area is 178 Å². The van der Waals surface area contributed by atoms with Crippen LogP contribution in [0.2, 0.25) is 5.02 Å². The minimum Gasteiger partial charge on any atom is -0.437 e. The van der Waals surface area contributed by atoms with Crippen LogP contribution in [0.1, 0.15) is 18.9 Å². The summed E-state index contributed by atoms with van der Waals surface area (Å²) in [6.07, 6.45) is -6.84. The van der Waals surface area contributed by atoms with E-state index in [4.69, 9.17) is 11.6 Å². The first-order valence-electron chi connectivity index (χ1n) is 10.0. The molecule has 2 heterocycles. The largest absolute Gasteiger partial charge is 0.437 e. The summed E-state index contributed by atoms with van der Waals surface area (Å²) in [6.45, 7) is 4.15. The van der Waals surface area contributed by atoms with Crippen LogP contribution < -0.4 is 4.90 Å². The lowest BCUT2D eigenvalue weighted by Gasteiger charge is -2.35. The van der Waals surface area contributed by atoms with Crippen molar-refractivity contribution in [1.29, 1.82) is 0 Å². The molecule has 0 aromatic heterocycles. The van der Waals surface area contributed by atoms with Crippen molar-refractivity contribution in [3.8, 4) is 0 Å². The molecule has 0 bridgehead atoms. The molecule has 0 aliphatic carbocycles. The molecule has 1 unspecified atom stereocenters. The highest BCUT2D eigenvalue weighted by Gasteiger charge is 2.40. The number of carbonyl (C=O) groups is 1. The van der Waals surface area contributed by atoms with Gasteiger partial charge in [0.2, 0.25) is 0 Å². The van der Waals surface area contributed by atoms with Crippen molar-refractivity contribution in [2.24, 2.45) is 5.92 Å². The Hall–Kier alpha value is -1.74. The van der Waals surface area contributed by atoms with Crippen molar-refractivity contribution in [3.63, 3.8) is 0 Å². The van der Waals surface area contributed by atoms with E-state index >= 15 is 0 Å². The van der Waals surface area contributed by atoms with E-state index in [2.05, 4.69) is 14.5 Å². The lowest BCUT2D eigenvalue weighted by Crippen LogP contribution is -2.49. The summed E-state index contributed by atoms with van der Waals surface area (Å²) in [4.78, 5) is 17.6. The molecule has 1 aromatic carbocycles. The fraction of sp³-hybridized carbons (Fsp3) is 0.650. The summed E-state index contributed by atoms with van der Waals surface area (Å²) in [5.41, 5.74) is 2.04. The molecule has 2 fully saturated rings. The molecular formula is C20H26ClF4N3O2. The normalized spacial score (nSPS) is 21.7. The summed E-state index contributed by atoms with van der Waals surface area (Å²) in [7, 11) is 0. The minimum absolute atomic E-state index is 0.0329. The van der Waals surface area contributed by atoms with Gasteiger partial charge in [-0.15, -0.1) is 0 Å². The Morgan fingerprint density at radius 1 is 1.23 bits per heavy atom. The molecule has 1 aromatic rings. The van der Waals surface area contributed by atoms with Gasteiger partial charge >= 0.3 is 12.3 Å². The number of amides is 1. The van der Waals surface area contributed by atoms with Crippen LogP contribution in [-0.2, 0) is 11.3 Å². The first-order chi connectivity index (χ1) is 14.2. The highest BCUT2D eigenvalue weighted by Crippen LogP contribution is 2.31. The van der Waals surface area contributed by atoms with E-state index in [1.165, 1.54) is 4.90 Å². The maximum atomic E-state index is 13.0. The van der Waals surface area contributed by atoms with Crippen LogP contribution in [0.15, 0.2) is 18.2 Å². The van der Waals surface area contributed by atoms with E-state index in [0.717, 1.165) is 31.1 Å². The standard InChI is InChI=1S/C20H26ClF4N3O2/c1-14(20(23,24)25)30-19(29)27-8-6-26(7-9-27)13-16-2-3-17(21)10-18(16)28-5-4-15(11-22)12-28/h2-3,10,14-15H,4-9,11-13H2,1H3/t14?,15-/m1/s1. The number of rotatable bonds is 5. The number of benzene rings is 1. The molecule has 10 heteroatoms. The predicted molar refractivity (Wildman–Crippen MR) is 107 cm³/mol. The zero-order valence-electron chi connectivity index (χ0n) is 16.8. The second kappa shape index (κ2) is 9.60. The monoisotopic (exact) mass is 451 g/mol. The molecule has 30 heavy (non-hydrogen) atoms. The second-order valence-electron chi connectivity index (χ2n) is 7.86. The van der Waals surface area contributed by atoms with Crippen molar-refractivity contribution in [2.45, 2.75) is 32.2 Å². The number of hydrogen-bond acceptors (Lipinski definition) is 4. The maximum Gasteiger partial charge on any atom is 0.425 e. The molecule has 2 aliphatic rings. The summed E-state index contributed by atoms with van der Waals surface area (Å²) >= 11 is 6.18. The Morgan fingerprint density at radius 2 is 1.93 bits per heavy atom. The van der Waals surface area contributed by atoms with E-state index in [0.29, 0.717) is 44.3 Å². The first-order valence-corrected chi connectivity index (χ1v) is 10.4. The Morgan fingerprint density at radius 3 is 2.53 bits per heavy atom. The smallest absolute Gasteiger partial charge is 0.425 e. The molecule has 0 radical (unpaired) electrons. The molecule has 2 saturated heterocycles. The van der Waals surface area contributed by atoms with Crippen molar-refractivity contribution < 1.29 is 27.1 Å². The van der Waals surface area contributed by atoms with Gasteiger partial charge in [0.05, 0.1) is 6.67 Å². The van der Waals surface area contributed by atoms with Crippen LogP contribution in [-0.4, -0.2) is 74.1 Å². The fourth-order valence-corrected chi connectivity index (χ4v) is 3.93. The number of alkyl halides is 4. The number of anilines is 1. The highest BCUT2D eigenvalue weighted by atomic mass is 35.5. The van der Waals surface area contributed by atoms with E-state index in [-0.39, 0.29) is 12.6 Å². The number of piperazine rings is 1. The summed E-state index contributed by atoms with van der Waals surface area (Å²) < 4.78 is 55.3. The molecule has 1 amide bonds. The average molecular weight is 452 g/mol. The van der Waals surface area contributed by atoms with Crippen molar-refractivity contribution >= 4 is 23.4 Å². The molecule has 2 atom stereocenters. The molecular weight excluding hydrogens is 426 g/mol. The van der Waals surface area contributed by atoms with Crippen molar-refractivity contribution in [2.75, 3.05) is 50.8 Å². The first kappa shape index (κ1) is 22.9. The van der Waals surface area contributed by atoms with Gasteiger partial charge in [-0.2, -0.15) is 13.2 Å². The van der Waals surface area contributed by atoms with Gasteiger partial charge in [0.1, 0.15) is 0 Å². The predicted octanol–water partition coefficient (Wildman–Crippen LogP) is 4.34. The molecule has 168 valence electrons. The number of hydrogen-bond donors (Lipinski definition) is 0. The maximum absolute atomic E-state index is 13.0. The van der Waals surface area contributed by atoms with Gasteiger partial charge in [0, 0.05) is 62.4 Å². The third-order valence-electron chi connectivity index (χ3n) is 5.66. The molecule has 0 saturated carbocycles. The third-order valence-corrected chi connectivity index (χ3v) is 5.89. The topological polar surface area (TPSA) is 36.0 Å². The lowest BCUT2D eigenvalue weighted by atomic mass is 10.1. The summed E-state index contributed by atoms with van der Waals surface area (Å²) in [5, 5.41) is 0.615. The highest BCUT2D eigenvalue weighted by molar-refractivity contribution is 6.30. The molecule has 0 spiro atoms. The van der Waals surface area contributed by atoms with Gasteiger partial charge in [-0.3, -0.25) is 9.29 Å². The second-order valence-corrected chi connectivity index (χ2v) is 8.30. The third kappa shape index (κ3) is 5.69. The number of ether oxygens (including phenoxy) is 1. The van der Waals surface area contributed by atoms with Crippen LogP contribution in [0.5, 0.6) is 0 Å². The Balaban J connectivity index is 1.57. The van der Waals surface area contributed by atoms with Gasteiger partial charge in [-0.25, -0.2) is 4.79 Å². The van der Waals surface area contributed by atoms with Gasteiger partial charge in [0.15, 0.2) is 6.10 Å². The van der Waals surface area contributed by atoms with Crippen LogP contribution >= 0.6 is 11.6 Å². The molecule has 5 nitrogen and oxygen atoms in total. The number of nitrogens with zero attached hydrogens (tertiary/aromatic N) is 3. The molecule has 0 N–H and O–H groups in total. The van der Waals surface area contributed by atoms with E-state index in [9.17, 15) is 22.4 Å². The summed E-state index contributed by atoms with van der Waals surface area (Å²) in [5.74, 6) is 0.0329. The quantitative estimate of drug-likeness (QED) is 0.624. The van der Waals surface area contributed by atoms with Crippen molar-refractivity contribution in [1.82, 2.24) is 9.80 Å². The SMILES string of the molecule is CC(OC(=O)N1CCN(Cc2ccc(Cl)cc2N2CC[C@H](CF)C2)CC1)C(F)(F)F. The van der Waals surface area contributed by atoms with E-state index < -0.39 is 18.4 Å². The average Bonchev–Trinajstić information content (AvgIpc) is 3.18. The lowest BCUT2D eigenvalue weighted by molar-refractivity contribution is -0.200. The van der Waals surface area contributed by atoms with Gasteiger partial charge < -0.3 is 14.5 Å². The van der Waals surface area contributed by atoms with E-state index in [1.807, 2.05) is 18.2 Å². The summed E-state index contributed by atoms with van der Waals surface area (Å²) in [6, 6.07) is 5.66. The van der Waals surface area contributed by atoms with Gasteiger partial charge in [0.25, 0.3) is 0 Å². The Bertz CT molecular complexity index is 741. The number of halogens is 5. The van der Waals surface area contributed by atoms with Crippen LogP contribution in [0.4, 0.5) is 28.0 Å². The van der Waals surface area contributed by atoms with Crippen molar-refractivity contribution in [3.05, 3.63) is 28.8 Å². The molecule has 2 aliphatic heterocycles. The molecule has 3 rings (SSSR count). The Kier molecular flexibility index (Phi) is 7.34. The van der Waals surface area contributed by atoms with E-state index in [1.54, 1.807) is 0 Å².